The van der Waals surface area contributed by atoms with Gasteiger partial charge in [0.25, 0.3) is 5.69 Å². The van der Waals surface area contributed by atoms with Crippen LogP contribution < -0.4 is 5.32 Å². The molecule has 0 saturated heterocycles. The predicted molar refractivity (Wildman–Crippen MR) is 66.2 cm³/mol. The highest BCUT2D eigenvalue weighted by Crippen LogP contribution is 2.22. The molecule has 0 radical (unpaired) electrons. The van der Waals surface area contributed by atoms with Gasteiger partial charge < -0.3 is 5.32 Å². The standard InChI is InChI=1S/C11H13N5O2/c1-8-3-4-9(16(17)18)5-11(8)12-6-10-7-13-14-15(10)2/h3-5,7,12H,6H2,1-2H3. The van der Waals surface area contributed by atoms with E-state index in [1.165, 1.54) is 12.1 Å². The first kappa shape index (κ1) is 12.0. The molecule has 18 heavy (non-hydrogen) atoms. The summed E-state index contributed by atoms with van der Waals surface area (Å²) < 4.78 is 1.65. The Labute approximate surface area is 104 Å². The molecule has 0 unspecified atom stereocenters. The van der Waals surface area contributed by atoms with Crippen LogP contribution in [0.15, 0.2) is 24.4 Å². The topological polar surface area (TPSA) is 85.9 Å². The lowest BCUT2D eigenvalue weighted by molar-refractivity contribution is -0.384. The molecule has 7 heteroatoms. The Balaban J connectivity index is 2.16. The molecule has 0 saturated carbocycles. The highest BCUT2D eigenvalue weighted by atomic mass is 16.6. The maximum atomic E-state index is 10.7. The first-order chi connectivity index (χ1) is 8.58. The predicted octanol–water partition coefficient (Wildman–Crippen LogP) is 1.64. The number of anilines is 1. The van der Waals surface area contributed by atoms with Crippen molar-refractivity contribution in [1.82, 2.24) is 15.0 Å². The van der Waals surface area contributed by atoms with Crippen molar-refractivity contribution in [1.29, 1.82) is 0 Å². The summed E-state index contributed by atoms with van der Waals surface area (Å²) in [6.07, 6.45) is 1.65. The van der Waals surface area contributed by atoms with Gasteiger partial charge in [0, 0.05) is 24.9 Å². The van der Waals surface area contributed by atoms with Crippen LogP contribution in [0, 0.1) is 17.0 Å². The van der Waals surface area contributed by atoms with Gasteiger partial charge >= 0.3 is 0 Å². The quantitative estimate of drug-likeness (QED) is 0.655. The van der Waals surface area contributed by atoms with Gasteiger partial charge in [-0.2, -0.15) is 0 Å². The number of nitrogens with one attached hydrogen (secondary N) is 1. The van der Waals surface area contributed by atoms with Crippen LogP contribution in [0.3, 0.4) is 0 Å². The molecule has 94 valence electrons. The molecule has 0 aliphatic carbocycles. The van der Waals surface area contributed by atoms with E-state index in [1.54, 1.807) is 24.0 Å². The fourth-order valence-electron chi connectivity index (χ4n) is 1.57. The fourth-order valence-corrected chi connectivity index (χ4v) is 1.57. The average Bonchev–Trinajstić information content (AvgIpc) is 2.73. The molecule has 0 bridgehead atoms. The normalized spacial score (nSPS) is 10.3. The summed E-state index contributed by atoms with van der Waals surface area (Å²) in [5.74, 6) is 0. The zero-order valence-corrected chi connectivity index (χ0v) is 10.1. The zero-order valence-electron chi connectivity index (χ0n) is 10.1. The summed E-state index contributed by atoms with van der Waals surface area (Å²) in [6, 6.07) is 4.74. The SMILES string of the molecule is Cc1ccc([N+](=O)[O-])cc1NCc1cnnn1C. The summed E-state index contributed by atoms with van der Waals surface area (Å²) in [7, 11) is 1.80. The van der Waals surface area contributed by atoms with Crippen LogP contribution in [0.1, 0.15) is 11.3 Å². The summed E-state index contributed by atoms with van der Waals surface area (Å²) in [4.78, 5) is 10.3. The number of benzene rings is 1. The lowest BCUT2D eigenvalue weighted by Gasteiger charge is -2.08. The van der Waals surface area contributed by atoms with Crippen molar-refractivity contribution < 1.29 is 4.92 Å². The summed E-state index contributed by atoms with van der Waals surface area (Å²) in [5.41, 5.74) is 2.67. The van der Waals surface area contributed by atoms with Gasteiger partial charge in [-0.15, -0.1) is 5.10 Å². The van der Waals surface area contributed by atoms with E-state index in [2.05, 4.69) is 15.6 Å². The molecule has 2 aromatic rings. The van der Waals surface area contributed by atoms with E-state index in [-0.39, 0.29) is 5.69 Å². The van der Waals surface area contributed by atoms with Crippen LogP contribution >= 0.6 is 0 Å². The highest BCUT2D eigenvalue weighted by molar-refractivity contribution is 5.56. The molecular formula is C11H13N5O2. The van der Waals surface area contributed by atoms with Crippen LogP contribution in [-0.2, 0) is 13.6 Å². The molecular weight excluding hydrogens is 234 g/mol. The lowest BCUT2D eigenvalue weighted by atomic mass is 10.2. The molecule has 7 nitrogen and oxygen atoms in total. The third-order valence-corrected chi connectivity index (χ3v) is 2.70. The number of hydrogen-bond donors (Lipinski definition) is 1. The number of rotatable bonds is 4. The smallest absolute Gasteiger partial charge is 0.271 e. The number of nitro groups is 1. The molecule has 1 aromatic carbocycles. The minimum atomic E-state index is -0.406. The Morgan fingerprint density at radius 2 is 2.28 bits per heavy atom. The van der Waals surface area contributed by atoms with E-state index in [0.29, 0.717) is 6.54 Å². The highest BCUT2D eigenvalue weighted by Gasteiger charge is 2.09. The number of aryl methyl sites for hydroxylation is 2. The molecule has 0 aliphatic rings. The Morgan fingerprint density at radius 3 is 2.89 bits per heavy atom. The number of hydrogen-bond acceptors (Lipinski definition) is 5. The third-order valence-electron chi connectivity index (χ3n) is 2.70. The second-order valence-electron chi connectivity index (χ2n) is 3.96. The van der Waals surface area contributed by atoms with Crippen molar-refractivity contribution in [3.05, 3.63) is 45.8 Å². The van der Waals surface area contributed by atoms with Crippen LogP contribution in [0.4, 0.5) is 11.4 Å². The Morgan fingerprint density at radius 1 is 1.50 bits per heavy atom. The van der Waals surface area contributed by atoms with Gasteiger partial charge in [-0.1, -0.05) is 11.3 Å². The minimum absolute atomic E-state index is 0.0752. The maximum Gasteiger partial charge on any atom is 0.271 e. The van der Waals surface area contributed by atoms with Gasteiger partial charge in [0.2, 0.25) is 0 Å². The van der Waals surface area contributed by atoms with Crippen molar-refractivity contribution in [3.63, 3.8) is 0 Å². The molecule has 0 fully saturated rings. The van der Waals surface area contributed by atoms with E-state index in [4.69, 9.17) is 0 Å². The maximum absolute atomic E-state index is 10.7. The second-order valence-corrected chi connectivity index (χ2v) is 3.96. The summed E-state index contributed by atoms with van der Waals surface area (Å²) in [5, 5.41) is 21.4. The van der Waals surface area contributed by atoms with Crippen molar-refractivity contribution in [2.45, 2.75) is 13.5 Å². The van der Waals surface area contributed by atoms with E-state index >= 15 is 0 Å². The number of nitro benzene ring substituents is 1. The molecule has 1 N–H and O–H groups in total. The molecule has 1 heterocycles. The van der Waals surface area contributed by atoms with Crippen LogP contribution in [0.25, 0.3) is 0 Å². The van der Waals surface area contributed by atoms with Gasteiger partial charge in [0.1, 0.15) is 0 Å². The van der Waals surface area contributed by atoms with E-state index in [9.17, 15) is 10.1 Å². The van der Waals surface area contributed by atoms with Crippen LogP contribution in [0.5, 0.6) is 0 Å². The van der Waals surface area contributed by atoms with Crippen molar-refractivity contribution in [2.75, 3.05) is 5.32 Å². The monoisotopic (exact) mass is 247 g/mol. The molecule has 1 aromatic heterocycles. The number of nitrogens with zero attached hydrogens (tertiary/aromatic N) is 4. The van der Waals surface area contributed by atoms with Crippen molar-refractivity contribution >= 4 is 11.4 Å². The van der Waals surface area contributed by atoms with E-state index in [0.717, 1.165) is 16.9 Å². The molecule has 2 rings (SSSR count). The van der Waals surface area contributed by atoms with Gasteiger partial charge in [-0.25, -0.2) is 0 Å². The first-order valence-electron chi connectivity index (χ1n) is 5.40. The lowest BCUT2D eigenvalue weighted by Crippen LogP contribution is -2.06. The molecule has 0 atom stereocenters. The van der Waals surface area contributed by atoms with Gasteiger partial charge in [0.15, 0.2) is 0 Å². The summed E-state index contributed by atoms with van der Waals surface area (Å²) >= 11 is 0. The average molecular weight is 247 g/mol. The number of aromatic nitrogens is 3. The number of non-ortho nitro benzene ring substituents is 1. The molecule has 0 aliphatic heterocycles. The van der Waals surface area contributed by atoms with Gasteiger partial charge in [-0.3, -0.25) is 14.8 Å². The van der Waals surface area contributed by atoms with E-state index in [1.807, 2.05) is 6.92 Å². The summed E-state index contributed by atoms with van der Waals surface area (Å²) in [6.45, 7) is 2.42. The Kier molecular flexibility index (Phi) is 3.22. The first-order valence-corrected chi connectivity index (χ1v) is 5.40. The fraction of sp³-hybridized carbons (Fsp3) is 0.273. The van der Waals surface area contributed by atoms with Crippen LogP contribution in [-0.4, -0.2) is 19.9 Å². The zero-order chi connectivity index (χ0) is 13.1. The third kappa shape index (κ3) is 2.45. The molecule has 0 spiro atoms. The Hall–Kier alpha value is -2.44. The second kappa shape index (κ2) is 4.82. The van der Waals surface area contributed by atoms with Gasteiger partial charge in [-0.05, 0) is 12.5 Å². The van der Waals surface area contributed by atoms with Gasteiger partial charge in [0.05, 0.1) is 23.4 Å². The largest absolute Gasteiger partial charge is 0.379 e. The van der Waals surface area contributed by atoms with Crippen LogP contribution in [0.2, 0.25) is 0 Å². The Bertz CT molecular complexity index is 579. The van der Waals surface area contributed by atoms with Crippen molar-refractivity contribution in [2.24, 2.45) is 7.05 Å². The van der Waals surface area contributed by atoms with E-state index < -0.39 is 4.92 Å². The minimum Gasteiger partial charge on any atom is -0.379 e. The van der Waals surface area contributed by atoms with Crippen molar-refractivity contribution in [3.8, 4) is 0 Å². The molecule has 0 amide bonds.